The Morgan fingerprint density at radius 1 is 1.48 bits per heavy atom. The Hall–Kier alpha value is -2.75. The van der Waals surface area contributed by atoms with Crippen molar-refractivity contribution in [3.63, 3.8) is 0 Å². The number of nitrogens with zero attached hydrogens (tertiary/aromatic N) is 4. The molecule has 2 heterocycles. The second kappa shape index (κ2) is 7.49. The van der Waals surface area contributed by atoms with Crippen LogP contribution >= 0.6 is 11.3 Å². The first-order chi connectivity index (χ1) is 11.1. The molecule has 0 spiro atoms. The number of ether oxygens (including phenoxy) is 2. The Kier molecular flexibility index (Phi) is 5.41. The van der Waals surface area contributed by atoms with Crippen molar-refractivity contribution in [2.24, 2.45) is 5.16 Å². The van der Waals surface area contributed by atoms with Crippen molar-refractivity contribution >= 4 is 29.0 Å². The van der Waals surface area contributed by atoms with Crippen molar-refractivity contribution in [3.05, 3.63) is 33.8 Å². The van der Waals surface area contributed by atoms with Gasteiger partial charge in [-0.05, 0) is 23.9 Å². The van der Waals surface area contributed by atoms with Crippen molar-refractivity contribution in [2.75, 3.05) is 13.7 Å². The lowest BCUT2D eigenvalue weighted by Crippen LogP contribution is -2.20. The molecule has 2 aromatic rings. The van der Waals surface area contributed by atoms with Gasteiger partial charge in [0.25, 0.3) is 0 Å². The van der Waals surface area contributed by atoms with Gasteiger partial charge in [-0.2, -0.15) is 0 Å². The summed E-state index contributed by atoms with van der Waals surface area (Å²) in [6, 6.07) is 1.73. The third-order valence-electron chi connectivity index (χ3n) is 2.86. The summed E-state index contributed by atoms with van der Waals surface area (Å²) in [6.45, 7) is 1.97. The van der Waals surface area contributed by atoms with E-state index in [-0.39, 0.29) is 24.6 Å². The summed E-state index contributed by atoms with van der Waals surface area (Å²) in [5.41, 5.74) is 0.603. The smallest absolute Gasteiger partial charge is 0.361 e. The quantitative estimate of drug-likeness (QED) is 0.360. The predicted octanol–water partition coefficient (Wildman–Crippen LogP) is 0.916. The van der Waals surface area contributed by atoms with Crippen LogP contribution in [0.15, 0.2) is 22.8 Å². The molecule has 0 atom stereocenters. The number of hydrogen-bond donors (Lipinski definition) is 1. The van der Waals surface area contributed by atoms with Crippen LogP contribution in [0, 0.1) is 0 Å². The number of thiophene rings is 1. The van der Waals surface area contributed by atoms with Crippen LogP contribution in [0.3, 0.4) is 0 Å². The van der Waals surface area contributed by atoms with Gasteiger partial charge in [0.15, 0.2) is 5.69 Å². The minimum absolute atomic E-state index is 0.154. The molecule has 10 heteroatoms. The van der Waals surface area contributed by atoms with E-state index in [9.17, 15) is 9.59 Å². The molecular weight excluding hydrogens is 324 g/mol. The van der Waals surface area contributed by atoms with Crippen molar-refractivity contribution in [1.82, 2.24) is 15.0 Å². The van der Waals surface area contributed by atoms with Gasteiger partial charge in [-0.3, -0.25) is 0 Å². The van der Waals surface area contributed by atoms with Gasteiger partial charge in [-0.1, -0.05) is 10.4 Å². The van der Waals surface area contributed by atoms with Gasteiger partial charge in [0, 0.05) is 0 Å². The molecule has 0 amide bonds. The van der Waals surface area contributed by atoms with Crippen LogP contribution in [0.1, 0.15) is 27.9 Å². The summed E-state index contributed by atoms with van der Waals surface area (Å²) in [7, 11) is 1.26. The summed E-state index contributed by atoms with van der Waals surface area (Å²) < 4.78 is 10.8. The fraction of sp³-hybridized carbons (Fsp3) is 0.308. The van der Waals surface area contributed by atoms with E-state index in [0.29, 0.717) is 10.4 Å². The minimum Gasteiger partial charge on any atom is -0.464 e. The average Bonchev–Trinajstić information content (AvgIpc) is 3.18. The lowest BCUT2D eigenvalue weighted by atomic mass is 10.2. The van der Waals surface area contributed by atoms with E-state index in [4.69, 9.17) is 9.94 Å². The number of rotatable bonds is 6. The third-order valence-corrected chi connectivity index (χ3v) is 3.83. The van der Waals surface area contributed by atoms with Crippen LogP contribution in [0.5, 0.6) is 0 Å². The molecule has 2 rings (SSSR count). The number of oxime groups is 1. The summed E-state index contributed by atoms with van der Waals surface area (Å²) in [4.78, 5) is 23.9. The van der Waals surface area contributed by atoms with Gasteiger partial charge < -0.3 is 14.7 Å². The molecule has 1 N–H and O–H groups in total. The SMILES string of the molecule is CCOC(=O)C(=NO)c1sccc1Cn1nncc1C(=O)OC. The highest BCUT2D eigenvalue weighted by Crippen LogP contribution is 2.20. The van der Waals surface area contributed by atoms with Crippen molar-refractivity contribution in [3.8, 4) is 0 Å². The van der Waals surface area contributed by atoms with E-state index >= 15 is 0 Å². The number of hydrogen-bond acceptors (Lipinski definition) is 9. The first kappa shape index (κ1) is 16.6. The molecule has 122 valence electrons. The summed E-state index contributed by atoms with van der Waals surface area (Å²) >= 11 is 1.21. The molecule has 0 unspecified atom stereocenters. The molecule has 0 fully saturated rings. The second-order valence-corrected chi connectivity index (χ2v) is 5.13. The lowest BCUT2D eigenvalue weighted by molar-refractivity contribution is -0.135. The molecule has 0 aromatic carbocycles. The zero-order valence-electron chi connectivity index (χ0n) is 12.4. The Labute approximate surface area is 135 Å². The standard InChI is InChI=1S/C13H14N4O5S/c1-3-22-13(19)10(15-20)11-8(4-5-23-11)7-17-9(6-14-16-17)12(18)21-2/h4-6,20H,3,7H2,1-2H3. The highest BCUT2D eigenvalue weighted by molar-refractivity contribution is 7.13. The molecule has 0 saturated heterocycles. The van der Waals surface area contributed by atoms with Crippen molar-refractivity contribution < 1.29 is 24.3 Å². The van der Waals surface area contributed by atoms with Gasteiger partial charge in [-0.25, -0.2) is 14.3 Å². The zero-order chi connectivity index (χ0) is 16.8. The van der Waals surface area contributed by atoms with Crippen LogP contribution in [0.25, 0.3) is 0 Å². The molecule has 0 aliphatic rings. The maximum absolute atomic E-state index is 11.8. The molecule has 0 saturated carbocycles. The summed E-state index contributed by atoms with van der Waals surface area (Å²) in [5.74, 6) is -1.31. The normalized spacial score (nSPS) is 11.3. The molecule has 0 radical (unpaired) electrons. The molecule has 2 aromatic heterocycles. The number of carbonyl (C=O) groups is 2. The predicted molar refractivity (Wildman–Crippen MR) is 79.7 cm³/mol. The van der Waals surface area contributed by atoms with E-state index < -0.39 is 11.9 Å². The van der Waals surface area contributed by atoms with Crippen molar-refractivity contribution in [1.29, 1.82) is 0 Å². The number of methoxy groups -OCH3 is 1. The van der Waals surface area contributed by atoms with Crippen LogP contribution in [-0.4, -0.2) is 51.6 Å². The van der Waals surface area contributed by atoms with E-state index in [1.165, 1.54) is 29.3 Å². The zero-order valence-corrected chi connectivity index (χ0v) is 13.2. The molecule has 0 aliphatic heterocycles. The third kappa shape index (κ3) is 3.54. The lowest BCUT2D eigenvalue weighted by Gasteiger charge is -2.07. The topological polar surface area (TPSA) is 116 Å². The Morgan fingerprint density at radius 3 is 2.91 bits per heavy atom. The average molecular weight is 338 g/mol. The van der Waals surface area contributed by atoms with E-state index in [0.717, 1.165) is 0 Å². The Morgan fingerprint density at radius 2 is 2.26 bits per heavy atom. The summed E-state index contributed by atoms with van der Waals surface area (Å²) in [6.07, 6.45) is 1.28. The Bertz CT molecular complexity index is 736. The van der Waals surface area contributed by atoms with Gasteiger partial charge >= 0.3 is 11.9 Å². The van der Waals surface area contributed by atoms with Crippen LogP contribution in [0.4, 0.5) is 0 Å². The fourth-order valence-corrected chi connectivity index (χ4v) is 2.73. The van der Waals surface area contributed by atoms with Crippen LogP contribution in [0.2, 0.25) is 0 Å². The van der Waals surface area contributed by atoms with E-state index in [1.807, 2.05) is 0 Å². The highest BCUT2D eigenvalue weighted by Gasteiger charge is 2.22. The van der Waals surface area contributed by atoms with E-state index in [2.05, 4.69) is 20.2 Å². The first-order valence-corrected chi connectivity index (χ1v) is 7.43. The number of carbonyl (C=O) groups excluding carboxylic acids is 2. The van der Waals surface area contributed by atoms with Gasteiger partial charge in [0.05, 0.1) is 31.3 Å². The van der Waals surface area contributed by atoms with Gasteiger partial charge in [0.1, 0.15) is 0 Å². The molecule has 23 heavy (non-hydrogen) atoms. The van der Waals surface area contributed by atoms with Crippen LogP contribution < -0.4 is 0 Å². The largest absolute Gasteiger partial charge is 0.464 e. The number of esters is 2. The van der Waals surface area contributed by atoms with E-state index in [1.54, 1.807) is 18.4 Å². The summed E-state index contributed by atoms with van der Waals surface area (Å²) in [5, 5.41) is 21.4. The van der Waals surface area contributed by atoms with Gasteiger partial charge in [-0.15, -0.1) is 16.4 Å². The highest BCUT2D eigenvalue weighted by atomic mass is 32.1. The second-order valence-electron chi connectivity index (χ2n) is 4.21. The molecule has 0 aliphatic carbocycles. The minimum atomic E-state index is -0.731. The molecule has 0 bridgehead atoms. The number of aromatic nitrogens is 3. The molecule has 9 nitrogen and oxygen atoms in total. The molecular formula is C13H14N4O5S. The van der Waals surface area contributed by atoms with Crippen molar-refractivity contribution in [2.45, 2.75) is 13.5 Å². The first-order valence-electron chi connectivity index (χ1n) is 6.55. The fourth-order valence-electron chi connectivity index (χ4n) is 1.84. The maximum atomic E-state index is 11.8. The maximum Gasteiger partial charge on any atom is 0.361 e. The van der Waals surface area contributed by atoms with Gasteiger partial charge in [0.2, 0.25) is 5.71 Å². The Balaban J connectivity index is 2.30. The van der Waals surface area contributed by atoms with Crippen LogP contribution in [-0.2, 0) is 20.8 Å². The monoisotopic (exact) mass is 338 g/mol.